The molecule has 0 aliphatic carbocycles. The SMILES string of the molecule is Cn1cnnc1Sc1cc(N2CCOCC2)ccc1[N+](=O)[O-]. The first kappa shape index (κ1) is 14.8. The molecule has 1 aromatic heterocycles. The van der Waals surface area contributed by atoms with Crippen molar-refractivity contribution in [2.24, 2.45) is 7.05 Å². The molecule has 1 aliphatic heterocycles. The van der Waals surface area contributed by atoms with Crippen LogP contribution in [0.2, 0.25) is 0 Å². The van der Waals surface area contributed by atoms with Crippen molar-refractivity contribution in [2.75, 3.05) is 31.2 Å². The van der Waals surface area contributed by atoms with Gasteiger partial charge in [-0.05, 0) is 23.9 Å². The fourth-order valence-corrected chi connectivity index (χ4v) is 3.12. The van der Waals surface area contributed by atoms with Gasteiger partial charge in [-0.15, -0.1) is 10.2 Å². The van der Waals surface area contributed by atoms with E-state index in [0.29, 0.717) is 23.3 Å². The summed E-state index contributed by atoms with van der Waals surface area (Å²) in [4.78, 5) is 13.6. The third kappa shape index (κ3) is 3.04. The number of nitro benzene ring substituents is 1. The summed E-state index contributed by atoms with van der Waals surface area (Å²) in [6, 6.07) is 5.16. The van der Waals surface area contributed by atoms with Crippen LogP contribution < -0.4 is 4.90 Å². The Morgan fingerprint density at radius 3 is 2.77 bits per heavy atom. The molecule has 0 unspecified atom stereocenters. The van der Waals surface area contributed by atoms with Gasteiger partial charge in [-0.1, -0.05) is 0 Å². The fraction of sp³-hybridized carbons (Fsp3) is 0.385. The monoisotopic (exact) mass is 321 g/mol. The van der Waals surface area contributed by atoms with Crippen molar-refractivity contribution < 1.29 is 9.66 Å². The third-order valence-corrected chi connectivity index (χ3v) is 4.49. The molecule has 1 aromatic carbocycles. The summed E-state index contributed by atoms with van der Waals surface area (Å²) < 4.78 is 7.07. The molecular weight excluding hydrogens is 306 g/mol. The number of nitro groups is 1. The molecule has 1 saturated heterocycles. The number of aryl methyl sites for hydroxylation is 1. The predicted molar refractivity (Wildman–Crippen MR) is 81.3 cm³/mol. The topological polar surface area (TPSA) is 86.3 Å². The molecule has 8 nitrogen and oxygen atoms in total. The molecule has 9 heteroatoms. The van der Waals surface area contributed by atoms with Gasteiger partial charge in [0.2, 0.25) is 0 Å². The highest BCUT2D eigenvalue weighted by Crippen LogP contribution is 2.36. The van der Waals surface area contributed by atoms with E-state index in [9.17, 15) is 10.1 Å². The number of hydrogen-bond acceptors (Lipinski definition) is 7. The Morgan fingerprint density at radius 2 is 2.14 bits per heavy atom. The molecule has 0 spiro atoms. The number of aromatic nitrogens is 3. The Balaban J connectivity index is 1.93. The summed E-state index contributed by atoms with van der Waals surface area (Å²) in [6.45, 7) is 2.91. The van der Waals surface area contributed by atoms with Gasteiger partial charge in [-0.3, -0.25) is 10.1 Å². The van der Waals surface area contributed by atoms with Gasteiger partial charge in [-0.2, -0.15) is 0 Å². The van der Waals surface area contributed by atoms with E-state index in [0.717, 1.165) is 18.8 Å². The first-order valence-corrected chi connectivity index (χ1v) is 7.60. The van der Waals surface area contributed by atoms with Gasteiger partial charge in [0.15, 0.2) is 5.16 Å². The molecule has 0 atom stereocenters. The summed E-state index contributed by atoms with van der Waals surface area (Å²) in [5.74, 6) is 0. The van der Waals surface area contributed by atoms with Crippen LogP contribution in [0.5, 0.6) is 0 Å². The van der Waals surface area contributed by atoms with Crippen molar-refractivity contribution in [3.8, 4) is 0 Å². The third-order valence-electron chi connectivity index (χ3n) is 3.39. The van der Waals surface area contributed by atoms with Crippen LogP contribution in [0.25, 0.3) is 0 Å². The molecule has 0 radical (unpaired) electrons. The minimum atomic E-state index is -0.373. The molecule has 1 fully saturated rings. The van der Waals surface area contributed by atoms with Gasteiger partial charge in [0.05, 0.1) is 23.0 Å². The highest BCUT2D eigenvalue weighted by molar-refractivity contribution is 7.99. The maximum absolute atomic E-state index is 11.2. The van der Waals surface area contributed by atoms with Crippen molar-refractivity contribution in [3.05, 3.63) is 34.6 Å². The number of hydrogen-bond donors (Lipinski definition) is 0. The van der Waals surface area contributed by atoms with E-state index < -0.39 is 0 Å². The highest BCUT2D eigenvalue weighted by Gasteiger charge is 2.20. The minimum absolute atomic E-state index is 0.0741. The molecule has 1 aliphatic rings. The van der Waals surface area contributed by atoms with Crippen molar-refractivity contribution >= 4 is 23.1 Å². The molecule has 0 N–H and O–H groups in total. The number of benzene rings is 1. The van der Waals surface area contributed by atoms with Gasteiger partial charge >= 0.3 is 0 Å². The maximum atomic E-state index is 11.2. The van der Waals surface area contributed by atoms with E-state index in [2.05, 4.69) is 15.1 Å². The van der Waals surface area contributed by atoms with Gasteiger partial charge in [0, 0.05) is 31.9 Å². The van der Waals surface area contributed by atoms with E-state index in [1.165, 1.54) is 11.8 Å². The van der Waals surface area contributed by atoms with Gasteiger partial charge in [-0.25, -0.2) is 0 Å². The second-order valence-electron chi connectivity index (χ2n) is 4.84. The molecule has 116 valence electrons. The standard InChI is InChI=1S/C13H15N5O3S/c1-16-9-14-15-13(16)22-12-8-10(2-3-11(12)18(19)20)17-4-6-21-7-5-17/h2-3,8-9H,4-7H2,1H3. The zero-order chi connectivity index (χ0) is 15.5. The van der Waals surface area contributed by atoms with Crippen LogP contribution in [0.1, 0.15) is 0 Å². The second-order valence-corrected chi connectivity index (χ2v) is 5.84. The van der Waals surface area contributed by atoms with Gasteiger partial charge < -0.3 is 14.2 Å². The minimum Gasteiger partial charge on any atom is -0.378 e. The van der Waals surface area contributed by atoms with Gasteiger partial charge in [0.25, 0.3) is 5.69 Å². The van der Waals surface area contributed by atoms with Crippen LogP contribution >= 0.6 is 11.8 Å². The van der Waals surface area contributed by atoms with Crippen LogP contribution in [-0.2, 0) is 11.8 Å². The Labute approximate surface area is 131 Å². The quantitative estimate of drug-likeness (QED) is 0.626. The maximum Gasteiger partial charge on any atom is 0.283 e. The fourth-order valence-electron chi connectivity index (χ4n) is 2.22. The molecule has 2 heterocycles. The predicted octanol–water partition coefficient (Wildman–Crippen LogP) is 1.71. The van der Waals surface area contributed by atoms with Crippen LogP contribution in [0.3, 0.4) is 0 Å². The first-order valence-electron chi connectivity index (χ1n) is 6.78. The zero-order valence-corrected chi connectivity index (χ0v) is 12.8. The summed E-state index contributed by atoms with van der Waals surface area (Å²) >= 11 is 1.24. The Hall–Kier alpha value is -2.13. The normalized spacial score (nSPS) is 15.0. The summed E-state index contributed by atoms with van der Waals surface area (Å²) in [5, 5.41) is 19.6. The summed E-state index contributed by atoms with van der Waals surface area (Å²) in [6.07, 6.45) is 1.57. The van der Waals surface area contributed by atoms with E-state index in [1.807, 2.05) is 6.07 Å². The van der Waals surface area contributed by atoms with Crippen molar-refractivity contribution in [2.45, 2.75) is 10.1 Å². The number of anilines is 1. The van der Waals surface area contributed by atoms with Crippen LogP contribution in [0.15, 0.2) is 34.6 Å². The lowest BCUT2D eigenvalue weighted by Gasteiger charge is -2.29. The Morgan fingerprint density at radius 1 is 1.36 bits per heavy atom. The van der Waals surface area contributed by atoms with Crippen LogP contribution in [0, 0.1) is 10.1 Å². The molecule has 2 aromatic rings. The molecule has 0 bridgehead atoms. The van der Waals surface area contributed by atoms with Crippen molar-refractivity contribution in [1.82, 2.24) is 14.8 Å². The van der Waals surface area contributed by atoms with Gasteiger partial charge in [0.1, 0.15) is 6.33 Å². The van der Waals surface area contributed by atoms with E-state index >= 15 is 0 Å². The highest BCUT2D eigenvalue weighted by atomic mass is 32.2. The van der Waals surface area contributed by atoms with E-state index in [-0.39, 0.29) is 10.6 Å². The largest absolute Gasteiger partial charge is 0.378 e. The number of ether oxygens (including phenoxy) is 1. The van der Waals surface area contributed by atoms with E-state index in [4.69, 9.17) is 4.74 Å². The molecular formula is C13H15N5O3S. The molecule has 0 amide bonds. The smallest absolute Gasteiger partial charge is 0.283 e. The first-order chi connectivity index (χ1) is 10.6. The van der Waals surface area contributed by atoms with Crippen LogP contribution in [-0.4, -0.2) is 46.0 Å². The second kappa shape index (κ2) is 6.32. The zero-order valence-electron chi connectivity index (χ0n) is 12.0. The average molecular weight is 321 g/mol. The number of morpholine rings is 1. The Bertz CT molecular complexity index is 684. The molecule has 22 heavy (non-hydrogen) atoms. The van der Waals surface area contributed by atoms with E-state index in [1.54, 1.807) is 30.1 Å². The molecule has 0 saturated carbocycles. The molecule has 3 rings (SSSR count). The average Bonchev–Trinajstić information content (AvgIpc) is 2.93. The van der Waals surface area contributed by atoms with Crippen molar-refractivity contribution in [1.29, 1.82) is 0 Å². The summed E-state index contributed by atoms with van der Waals surface area (Å²) in [5.41, 5.74) is 1.03. The van der Waals surface area contributed by atoms with Crippen molar-refractivity contribution in [3.63, 3.8) is 0 Å². The summed E-state index contributed by atoms with van der Waals surface area (Å²) in [7, 11) is 1.81. The lowest BCUT2D eigenvalue weighted by molar-refractivity contribution is -0.387. The lowest BCUT2D eigenvalue weighted by Crippen LogP contribution is -2.36. The lowest BCUT2D eigenvalue weighted by atomic mass is 10.2. The van der Waals surface area contributed by atoms with Crippen LogP contribution in [0.4, 0.5) is 11.4 Å². The number of nitrogens with zero attached hydrogens (tertiary/aromatic N) is 5. The Kier molecular flexibility index (Phi) is 4.25. The number of rotatable bonds is 4.